The van der Waals surface area contributed by atoms with Gasteiger partial charge in [-0.3, -0.25) is 4.57 Å². The third kappa shape index (κ3) is 3.13. The van der Waals surface area contributed by atoms with E-state index in [0.717, 1.165) is 28.8 Å². The SMILES string of the molecule is Cc1cc(C)c(-n2c(-c3ccc4c(c3)-c3cccc(C(C)C)c3C4)nc3ccccc32)c(C)c1. The molecule has 1 heterocycles. The van der Waals surface area contributed by atoms with E-state index in [1.165, 1.54) is 50.2 Å². The maximum absolute atomic E-state index is 5.15. The molecule has 0 radical (unpaired) electrons. The summed E-state index contributed by atoms with van der Waals surface area (Å²) in [6.07, 6.45) is 1.02. The van der Waals surface area contributed by atoms with E-state index in [1.54, 1.807) is 0 Å². The Hall–Kier alpha value is -3.65. The number of imidazole rings is 1. The van der Waals surface area contributed by atoms with Gasteiger partial charge in [0.15, 0.2) is 0 Å². The van der Waals surface area contributed by atoms with Crippen LogP contribution in [0.3, 0.4) is 0 Å². The molecule has 0 fully saturated rings. The Balaban J connectivity index is 1.60. The summed E-state index contributed by atoms with van der Waals surface area (Å²) in [7, 11) is 0. The second kappa shape index (κ2) is 7.70. The third-order valence-corrected chi connectivity index (χ3v) is 7.28. The molecule has 168 valence electrons. The van der Waals surface area contributed by atoms with Gasteiger partial charge in [0.2, 0.25) is 0 Å². The number of hydrogen-bond donors (Lipinski definition) is 0. The Morgan fingerprint density at radius 1 is 0.794 bits per heavy atom. The first-order valence-electron chi connectivity index (χ1n) is 12.2. The summed E-state index contributed by atoms with van der Waals surface area (Å²) in [6.45, 7) is 11.2. The molecule has 2 heteroatoms. The van der Waals surface area contributed by atoms with Crippen LogP contribution in [0.4, 0.5) is 0 Å². The lowest BCUT2D eigenvalue weighted by Gasteiger charge is -2.17. The van der Waals surface area contributed by atoms with Crippen molar-refractivity contribution >= 4 is 11.0 Å². The summed E-state index contributed by atoms with van der Waals surface area (Å²) in [5, 5.41) is 0. The molecule has 34 heavy (non-hydrogen) atoms. The predicted molar refractivity (Wildman–Crippen MR) is 143 cm³/mol. The van der Waals surface area contributed by atoms with Crippen molar-refractivity contribution in [2.24, 2.45) is 0 Å². The van der Waals surface area contributed by atoms with Crippen molar-refractivity contribution in [3.63, 3.8) is 0 Å². The molecule has 2 nitrogen and oxygen atoms in total. The van der Waals surface area contributed by atoms with Gasteiger partial charge in [-0.25, -0.2) is 4.98 Å². The summed E-state index contributed by atoms with van der Waals surface area (Å²) in [5.41, 5.74) is 15.5. The molecule has 1 aliphatic rings. The van der Waals surface area contributed by atoms with E-state index >= 15 is 0 Å². The number of fused-ring (bicyclic) bond motifs is 4. The first-order chi connectivity index (χ1) is 16.4. The molecule has 0 atom stereocenters. The highest BCUT2D eigenvalue weighted by atomic mass is 15.1. The second-order valence-electron chi connectivity index (χ2n) is 10.1. The molecule has 0 saturated heterocycles. The highest BCUT2D eigenvalue weighted by Gasteiger charge is 2.24. The van der Waals surface area contributed by atoms with Crippen LogP contribution in [0, 0.1) is 20.8 Å². The molecule has 0 spiro atoms. The minimum atomic E-state index is 0.528. The van der Waals surface area contributed by atoms with E-state index in [4.69, 9.17) is 4.98 Å². The number of para-hydroxylation sites is 2. The number of nitrogens with zero attached hydrogens (tertiary/aromatic N) is 2. The zero-order valence-corrected chi connectivity index (χ0v) is 20.6. The molecule has 0 bridgehead atoms. The average molecular weight is 443 g/mol. The normalized spacial score (nSPS) is 12.4. The topological polar surface area (TPSA) is 17.8 Å². The van der Waals surface area contributed by atoms with Gasteiger partial charge in [-0.1, -0.05) is 74.0 Å². The van der Waals surface area contributed by atoms with Gasteiger partial charge in [0, 0.05) is 5.56 Å². The monoisotopic (exact) mass is 442 g/mol. The van der Waals surface area contributed by atoms with Crippen LogP contribution < -0.4 is 0 Å². The second-order valence-corrected chi connectivity index (χ2v) is 10.1. The van der Waals surface area contributed by atoms with E-state index in [1.807, 2.05) is 0 Å². The molecule has 6 rings (SSSR count). The van der Waals surface area contributed by atoms with E-state index < -0.39 is 0 Å². The van der Waals surface area contributed by atoms with Crippen LogP contribution in [0.15, 0.2) is 72.8 Å². The van der Waals surface area contributed by atoms with Crippen LogP contribution in [0.25, 0.3) is 39.2 Å². The van der Waals surface area contributed by atoms with Crippen molar-refractivity contribution in [3.8, 4) is 28.2 Å². The molecular weight excluding hydrogens is 412 g/mol. The van der Waals surface area contributed by atoms with Gasteiger partial charge in [-0.05, 0) is 90.3 Å². The van der Waals surface area contributed by atoms with E-state index in [-0.39, 0.29) is 0 Å². The summed E-state index contributed by atoms with van der Waals surface area (Å²) >= 11 is 0. The number of aromatic nitrogens is 2. The standard InChI is InChI=1S/C32H30N2/c1-19(2)25-9-8-10-26-27-18-24(14-13-23(27)17-28(25)26)32-33-29-11-6-7-12-30(29)34(32)31-21(4)15-20(3)16-22(31)5/h6-16,18-19H,17H2,1-5H3. The maximum atomic E-state index is 5.15. The lowest BCUT2D eigenvalue weighted by atomic mass is 9.94. The molecular formula is C32H30N2. The van der Waals surface area contributed by atoms with Crippen molar-refractivity contribution in [2.75, 3.05) is 0 Å². The fourth-order valence-corrected chi connectivity index (χ4v) is 5.88. The Labute approximate surface area is 201 Å². The van der Waals surface area contributed by atoms with Gasteiger partial charge in [-0.15, -0.1) is 0 Å². The average Bonchev–Trinajstić information content (AvgIpc) is 3.36. The summed E-state index contributed by atoms with van der Waals surface area (Å²) in [6, 6.07) is 26.7. The maximum Gasteiger partial charge on any atom is 0.145 e. The third-order valence-electron chi connectivity index (χ3n) is 7.28. The van der Waals surface area contributed by atoms with Gasteiger partial charge in [0.05, 0.1) is 16.7 Å². The van der Waals surface area contributed by atoms with E-state index in [9.17, 15) is 0 Å². The van der Waals surface area contributed by atoms with Crippen LogP contribution >= 0.6 is 0 Å². The molecule has 0 aliphatic heterocycles. The number of hydrogen-bond acceptors (Lipinski definition) is 1. The number of benzene rings is 4. The molecule has 1 aliphatic carbocycles. The molecule has 0 N–H and O–H groups in total. The zero-order chi connectivity index (χ0) is 23.6. The van der Waals surface area contributed by atoms with E-state index in [0.29, 0.717) is 5.92 Å². The highest BCUT2D eigenvalue weighted by Crippen LogP contribution is 2.42. The highest BCUT2D eigenvalue weighted by molar-refractivity contribution is 5.87. The fourth-order valence-electron chi connectivity index (χ4n) is 5.88. The quantitative estimate of drug-likeness (QED) is 0.269. The van der Waals surface area contributed by atoms with Crippen molar-refractivity contribution in [1.29, 1.82) is 0 Å². The van der Waals surface area contributed by atoms with Gasteiger partial charge in [-0.2, -0.15) is 0 Å². The molecule has 5 aromatic rings. The Morgan fingerprint density at radius 3 is 2.32 bits per heavy atom. The van der Waals surface area contributed by atoms with Crippen LogP contribution in [0.5, 0.6) is 0 Å². The van der Waals surface area contributed by atoms with Crippen molar-refractivity contribution in [1.82, 2.24) is 9.55 Å². The van der Waals surface area contributed by atoms with E-state index in [2.05, 4.69) is 112 Å². The van der Waals surface area contributed by atoms with Gasteiger partial charge in [0.25, 0.3) is 0 Å². The first-order valence-corrected chi connectivity index (χ1v) is 12.2. The Kier molecular flexibility index (Phi) is 4.74. The summed E-state index contributed by atoms with van der Waals surface area (Å²) in [4.78, 5) is 5.15. The summed E-state index contributed by atoms with van der Waals surface area (Å²) in [5.74, 6) is 1.54. The van der Waals surface area contributed by atoms with Crippen LogP contribution in [-0.2, 0) is 6.42 Å². The fraction of sp³-hybridized carbons (Fsp3) is 0.219. The van der Waals surface area contributed by atoms with Crippen molar-refractivity contribution in [2.45, 2.75) is 47.0 Å². The van der Waals surface area contributed by atoms with Crippen molar-refractivity contribution < 1.29 is 0 Å². The lowest BCUT2D eigenvalue weighted by molar-refractivity contribution is 0.852. The zero-order valence-electron chi connectivity index (χ0n) is 20.6. The smallest absolute Gasteiger partial charge is 0.145 e. The van der Waals surface area contributed by atoms with Crippen LogP contribution in [0.2, 0.25) is 0 Å². The molecule has 1 aromatic heterocycles. The molecule has 0 unspecified atom stereocenters. The number of rotatable bonds is 3. The van der Waals surface area contributed by atoms with Crippen LogP contribution in [-0.4, -0.2) is 9.55 Å². The first kappa shape index (κ1) is 20.9. The van der Waals surface area contributed by atoms with Crippen molar-refractivity contribution in [3.05, 3.63) is 106 Å². The van der Waals surface area contributed by atoms with Gasteiger partial charge < -0.3 is 0 Å². The molecule has 0 amide bonds. The van der Waals surface area contributed by atoms with Gasteiger partial charge >= 0.3 is 0 Å². The summed E-state index contributed by atoms with van der Waals surface area (Å²) < 4.78 is 2.36. The number of aryl methyl sites for hydroxylation is 3. The molecule has 0 saturated carbocycles. The Bertz CT molecular complexity index is 1560. The predicted octanol–water partition coefficient (Wildman–Crippen LogP) is 8.31. The largest absolute Gasteiger partial charge is 0.292 e. The van der Waals surface area contributed by atoms with Crippen LogP contribution in [0.1, 0.15) is 53.1 Å². The Morgan fingerprint density at radius 2 is 1.56 bits per heavy atom. The lowest BCUT2D eigenvalue weighted by Crippen LogP contribution is -2.03. The minimum Gasteiger partial charge on any atom is -0.292 e. The van der Waals surface area contributed by atoms with Gasteiger partial charge in [0.1, 0.15) is 5.82 Å². The minimum absolute atomic E-state index is 0.528. The molecule has 4 aromatic carbocycles.